The first-order valence-corrected chi connectivity index (χ1v) is 5.41. The summed E-state index contributed by atoms with van der Waals surface area (Å²) in [7, 11) is 0. The van der Waals surface area contributed by atoms with Gasteiger partial charge in [0, 0.05) is 24.0 Å². The Bertz CT molecular complexity index is 297. The molecule has 1 aliphatic heterocycles. The zero-order chi connectivity index (χ0) is 10.0. The molecule has 3 nitrogen and oxygen atoms in total. The summed E-state index contributed by atoms with van der Waals surface area (Å²) >= 11 is 0. The first kappa shape index (κ1) is 9.71. The van der Waals surface area contributed by atoms with Crippen LogP contribution in [0.1, 0.15) is 31.9 Å². The first-order chi connectivity index (χ1) is 6.70. The van der Waals surface area contributed by atoms with Crippen LogP contribution in [0.4, 0.5) is 0 Å². The van der Waals surface area contributed by atoms with Crippen LogP contribution >= 0.6 is 0 Å². The zero-order valence-electron chi connectivity index (χ0n) is 9.08. The molecule has 14 heavy (non-hydrogen) atoms. The molecule has 0 saturated carbocycles. The van der Waals surface area contributed by atoms with E-state index < -0.39 is 0 Å². The third kappa shape index (κ3) is 1.98. The number of nitrogens with zero attached hydrogens (tertiary/aromatic N) is 2. The average molecular weight is 193 g/mol. The Morgan fingerprint density at radius 1 is 1.57 bits per heavy atom. The van der Waals surface area contributed by atoms with Crippen LogP contribution in [0.3, 0.4) is 0 Å². The maximum Gasteiger partial charge on any atom is 0.0948 e. The first-order valence-electron chi connectivity index (χ1n) is 5.41. The van der Waals surface area contributed by atoms with Crippen molar-refractivity contribution in [1.82, 2.24) is 14.9 Å². The van der Waals surface area contributed by atoms with Crippen LogP contribution in [0.15, 0.2) is 12.5 Å². The monoisotopic (exact) mass is 193 g/mol. The van der Waals surface area contributed by atoms with Crippen LogP contribution in [-0.2, 0) is 6.54 Å². The lowest BCUT2D eigenvalue weighted by molar-refractivity contribution is 0.243. The molecule has 1 aliphatic rings. The van der Waals surface area contributed by atoms with Crippen LogP contribution in [0.25, 0.3) is 0 Å². The topological polar surface area (TPSA) is 29.9 Å². The van der Waals surface area contributed by atoms with Crippen LogP contribution in [-0.4, -0.2) is 21.6 Å². The molecule has 1 fully saturated rings. The zero-order valence-corrected chi connectivity index (χ0v) is 9.08. The highest BCUT2D eigenvalue weighted by Gasteiger charge is 2.26. The van der Waals surface area contributed by atoms with Crippen molar-refractivity contribution in [3.05, 3.63) is 18.2 Å². The van der Waals surface area contributed by atoms with Crippen molar-refractivity contribution < 1.29 is 0 Å². The van der Waals surface area contributed by atoms with Crippen molar-refractivity contribution in [1.29, 1.82) is 0 Å². The van der Waals surface area contributed by atoms with E-state index in [0.29, 0.717) is 0 Å². The maximum atomic E-state index is 4.15. The molecule has 1 aromatic heterocycles. The van der Waals surface area contributed by atoms with Gasteiger partial charge in [-0.15, -0.1) is 0 Å². The fourth-order valence-electron chi connectivity index (χ4n) is 2.18. The van der Waals surface area contributed by atoms with Gasteiger partial charge in [0.25, 0.3) is 0 Å². The van der Waals surface area contributed by atoms with Gasteiger partial charge in [0.05, 0.1) is 6.33 Å². The van der Waals surface area contributed by atoms with Crippen molar-refractivity contribution >= 4 is 0 Å². The minimum absolute atomic E-state index is 0.268. The van der Waals surface area contributed by atoms with Gasteiger partial charge < -0.3 is 9.88 Å². The SMILES string of the molecule is Cc1cncn1CC1(C)CCCCN1. The minimum Gasteiger partial charge on any atom is -0.333 e. The number of imidazole rings is 1. The minimum atomic E-state index is 0.268. The Hall–Kier alpha value is -0.830. The van der Waals surface area contributed by atoms with Gasteiger partial charge >= 0.3 is 0 Å². The highest BCUT2D eigenvalue weighted by atomic mass is 15.1. The molecule has 1 aromatic rings. The maximum absolute atomic E-state index is 4.15. The molecule has 0 aromatic carbocycles. The molecule has 2 rings (SSSR count). The number of nitrogens with one attached hydrogen (secondary N) is 1. The second-order valence-electron chi connectivity index (χ2n) is 4.61. The van der Waals surface area contributed by atoms with Crippen LogP contribution in [0, 0.1) is 6.92 Å². The van der Waals surface area contributed by atoms with Crippen molar-refractivity contribution in [2.24, 2.45) is 0 Å². The van der Waals surface area contributed by atoms with E-state index in [1.165, 1.54) is 25.0 Å². The smallest absolute Gasteiger partial charge is 0.0948 e. The van der Waals surface area contributed by atoms with E-state index in [1.54, 1.807) is 0 Å². The second-order valence-corrected chi connectivity index (χ2v) is 4.61. The number of rotatable bonds is 2. The van der Waals surface area contributed by atoms with E-state index in [4.69, 9.17) is 0 Å². The number of aromatic nitrogens is 2. The van der Waals surface area contributed by atoms with Crippen LogP contribution < -0.4 is 5.32 Å². The van der Waals surface area contributed by atoms with Gasteiger partial charge in [-0.3, -0.25) is 0 Å². The lowest BCUT2D eigenvalue weighted by Gasteiger charge is -2.35. The normalized spacial score (nSPS) is 27.9. The predicted octanol–water partition coefficient (Wildman–Crippen LogP) is 1.72. The largest absolute Gasteiger partial charge is 0.333 e. The molecule has 2 heterocycles. The summed E-state index contributed by atoms with van der Waals surface area (Å²) in [6.07, 6.45) is 7.78. The van der Waals surface area contributed by atoms with Crippen molar-refractivity contribution in [2.45, 2.75) is 45.2 Å². The quantitative estimate of drug-likeness (QED) is 0.775. The van der Waals surface area contributed by atoms with E-state index in [2.05, 4.69) is 28.7 Å². The summed E-state index contributed by atoms with van der Waals surface area (Å²) in [5, 5.41) is 3.61. The molecule has 0 spiro atoms. The number of hydrogen-bond acceptors (Lipinski definition) is 2. The van der Waals surface area contributed by atoms with Crippen molar-refractivity contribution in [2.75, 3.05) is 6.54 Å². The van der Waals surface area contributed by atoms with Gasteiger partial charge in [0.2, 0.25) is 0 Å². The van der Waals surface area contributed by atoms with E-state index in [9.17, 15) is 0 Å². The molecular formula is C11H19N3. The molecule has 78 valence electrons. The Morgan fingerprint density at radius 2 is 2.43 bits per heavy atom. The number of aryl methyl sites for hydroxylation is 1. The van der Waals surface area contributed by atoms with E-state index in [1.807, 2.05) is 12.5 Å². The predicted molar refractivity (Wildman–Crippen MR) is 57.2 cm³/mol. The molecule has 0 aliphatic carbocycles. The standard InChI is InChI=1S/C11H19N3/c1-10-7-12-9-14(10)8-11(2)5-3-4-6-13-11/h7,9,13H,3-6,8H2,1-2H3. The van der Waals surface area contributed by atoms with E-state index in [0.717, 1.165) is 13.1 Å². The highest BCUT2D eigenvalue weighted by Crippen LogP contribution is 2.21. The summed E-state index contributed by atoms with van der Waals surface area (Å²) in [5.74, 6) is 0. The summed E-state index contributed by atoms with van der Waals surface area (Å²) < 4.78 is 2.23. The Balaban J connectivity index is 2.05. The van der Waals surface area contributed by atoms with E-state index >= 15 is 0 Å². The lowest BCUT2D eigenvalue weighted by atomic mass is 9.91. The van der Waals surface area contributed by atoms with Gasteiger partial charge in [-0.2, -0.15) is 0 Å². The molecule has 1 saturated heterocycles. The molecule has 0 bridgehead atoms. The summed E-state index contributed by atoms with van der Waals surface area (Å²) in [5.41, 5.74) is 1.52. The number of piperidine rings is 1. The third-order valence-corrected chi connectivity index (χ3v) is 3.15. The van der Waals surface area contributed by atoms with Crippen molar-refractivity contribution in [3.8, 4) is 0 Å². The van der Waals surface area contributed by atoms with Crippen LogP contribution in [0.2, 0.25) is 0 Å². The lowest BCUT2D eigenvalue weighted by Crippen LogP contribution is -2.49. The summed E-state index contributed by atoms with van der Waals surface area (Å²) in [6.45, 7) is 6.62. The molecule has 3 heteroatoms. The van der Waals surface area contributed by atoms with Gasteiger partial charge in [-0.1, -0.05) is 6.42 Å². The van der Waals surface area contributed by atoms with Crippen LogP contribution in [0.5, 0.6) is 0 Å². The van der Waals surface area contributed by atoms with E-state index in [-0.39, 0.29) is 5.54 Å². The molecule has 0 radical (unpaired) electrons. The molecule has 0 amide bonds. The number of hydrogen-bond donors (Lipinski definition) is 1. The van der Waals surface area contributed by atoms with Gasteiger partial charge in [-0.05, 0) is 33.2 Å². The molecule has 1 unspecified atom stereocenters. The average Bonchev–Trinajstić information content (AvgIpc) is 2.52. The Labute approximate surface area is 85.5 Å². The molecule has 1 atom stereocenters. The highest BCUT2D eigenvalue weighted by molar-refractivity contribution is 4.97. The third-order valence-electron chi connectivity index (χ3n) is 3.15. The molecular weight excluding hydrogens is 174 g/mol. The van der Waals surface area contributed by atoms with Crippen molar-refractivity contribution in [3.63, 3.8) is 0 Å². The summed E-state index contributed by atoms with van der Waals surface area (Å²) in [4.78, 5) is 4.15. The second kappa shape index (κ2) is 3.73. The van der Waals surface area contributed by atoms with Gasteiger partial charge in [0.1, 0.15) is 0 Å². The van der Waals surface area contributed by atoms with Gasteiger partial charge in [-0.25, -0.2) is 4.98 Å². The summed E-state index contributed by atoms with van der Waals surface area (Å²) in [6, 6.07) is 0. The Morgan fingerprint density at radius 3 is 3.00 bits per heavy atom. The Kier molecular flexibility index (Phi) is 2.59. The van der Waals surface area contributed by atoms with Gasteiger partial charge in [0.15, 0.2) is 0 Å². The fraction of sp³-hybridized carbons (Fsp3) is 0.727. The molecule has 1 N–H and O–H groups in total. The fourth-order valence-corrected chi connectivity index (χ4v) is 2.18.